The number of anilines is 3. The van der Waals surface area contributed by atoms with Gasteiger partial charge in [-0.2, -0.15) is 0 Å². The Morgan fingerprint density at radius 1 is 1.03 bits per heavy atom. The van der Waals surface area contributed by atoms with Crippen molar-refractivity contribution in [3.8, 4) is 11.3 Å². The van der Waals surface area contributed by atoms with Crippen molar-refractivity contribution in [3.05, 3.63) is 94.9 Å². The van der Waals surface area contributed by atoms with Gasteiger partial charge in [-0.05, 0) is 55.3 Å². The van der Waals surface area contributed by atoms with Crippen LogP contribution in [0.4, 0.5) is 16.5 Å². The molecule has 3 aromatic carbocycles. The fourth-order valence-electron chi connectivity index (χ4n) is 3.24. The first kappa shape index (κ1) is 21.9. The summed E-state index contributed by atoms with van der Waals surface area (Å²) in [5, 5.41) is 5.22. The lowest BCUT2D eigenvalue weighted by Gasteiger charge is -2.22. The first-order valence-corrected chi connectivity index (χ1v) is 11.8. The SMILES string of the molecule is Cc1ccc(C)c(N(c2ccc(C(=O)Nc3nc(-c4ccccc4)cs3)cc2)S(=O)O)c1. The molecule has 1 aromatic heterocycles. The molecule has 2 N–H and O–H groups in total. The summed E-state index contributed by atoms with van der Waals surface area (Å²) in [5.41, 5.74) is 5.21. The third kappa shape index (κ3) is 4.77. The van der Waals surface area contributed by atoms with Crippen molar-refractivity contribution >= 4 is 45.0 Å². The minimum Gasteiger partial charge on any atom is -0.298 e. The third-order valence-corrected chi connectivity index (χ3v) is 6.38. The van der Waals surface area contributed by atoms with Gasteiger partial charge in [-0.1, -0.05) is 42.5 Å². The van der Waals surface area contributed by atoms with Crippen molar-refractivity contribution in [1.29, 1.82) is 0 Å². The fourth-order valence-corrected chi connectivity index (χ4v) is 4.62. The van der Waals surface area contributed by atoms with Crippen LogP contribution in [0, 0.1) is 13.8 Å². The second-order valence-corrected chi connectivity index (χ2v) is 8.90. The molecule has 0 aliphatic carbocycles. The predicted octanol–water partition coefficient (Wildman–Crippen LogP) is 5.95. The number of thiazole rings is 1. The molecular weight excluding hydrogens is 442 g/mol. The van der Waals surface area contributed by atoms with Gasteiger partial charge in [0.1, 0.15) is 0 Å². The molecule has 162 valence electrons. The number of hydrogen-bond donors (Lipinski definition) is 2. The van der Waals surface area contributed by atoms with Crippen LogP contribution in [0.5, 0.6) is 0 Å². The first-order valence-electron chi connectivity index (χ1n) is 9.83. The molecule has 0 saturated carbocycles. The zero-order chi connectivity index (χ0) is 22.7. The van der Waals surface area contributed by atoms with Crippen molar-refractivity contribution in [2.24, 2.45) is 0 Å². The molecule has 32 heavy (non-hydrogen) atoms. The Labute approximate surface area is 193 Å². The Kier molecular flexibility index (Phi) is 6.45. The molecule has 0 aliphatic rings. The summed E-state index contributed by atoms with van der Waals surface area (Å²) in [6, 6.07) is 22.0. The number of hydrogen-bond acceptors (Lipinski definition) is 4. The lowest BCUT2D eigenvalue weighted by Crippen LogP contribution is -2.20. The summed E-state index contributed by atoms with van der Waals surface area (Å²) >= 11 is -0.909. The number of amides is 1. The molecule has 1 atom stereocenters. The molecule has 0 bridgehead atoms. The van der Waals surface area contributed by atoms with Crippen LogP contribution < -0.4 is 9.62 Å². The Hall–Kier alpha value is -3.33. The van der Waals surface area contributed by atoms with E-state index in [2.05, 4.69) is 10.3 Å². The summed E-state index contributed by atoms with van der Waals surface area (Å²) in [6.07, 6.45) is 0. The number of carbonyl (C=O) groups excluding carboxylic acids is 1. The number of nitrogens with one attached hydrogen (secondary N) is 1. The normalized spacial score (nSPS) is 11.7. The van der Waals surface area contributed by atoms with Crippen LogP contribution in [0.1, 0.15) is 21.5 Å². The average molecular weight is 464 g/mol. The summed E-state index contributed by atoms with van der Waals surface area (Å²) in [7, 11) is 0. The van der Waals surface area contributed by atoms with Crippen molar-refractivity contribution < 1.29 is 13.6 Å². The molecule has 4 aromatic rings. The molecule has 8 heteroatoms. The van der Waals surface area contributed by atoms with Crippen LogP contribution in [0.25, 0.3) is 11.3 Å². The van der Waals surface area contributed by atoms with E-state index in [0.29, 0.717) is 22.1 Å². The van der Waals surface area contributed by atoms with E-state index in [-0.39, 0.29) is 5.91 Å². The van der Waals surface area contributed by atoms with Gasteiger partial charge >= 0.3 is 0 Å². The maximum atomic E-state index is 12.7. The molecule has 0 spiro atoms. The molecule has 1 amide bonds. The smallest absolute Gasteiger partial charge is 0.266 e. The van der Waals surface area contributed by atoms with E-state index in [1.807, 2.05) is 67.8 Å². The molecule has 1 heterocycles. The van der Waals surface area contributed by atoms with Gasteiger partial charge in [-0.25, -0.2) is 13.5 Å². The quantitative estimate of drug-likeness (QED) is 0.346. The van der Waals surface area contributed by atoms with E-state index in [1.54, 1.807) is 24.3 Å². The number of rotatable bonds is 6. The van der Waals surface area contributed by atoms with Crippen LogP contribution in [0.2, 0.25) is 0 Å². The Morgan fingerprint density at radius 2 is 1.75 bits per heavy atom. The molecule has 1 unspecified atom stereocenters. The van der Waals surface area contributed by atoms with E-state index in [1.165, 1.54) is 15.6 Å². The van der Waals surface area contributed by atoms with Gasteiger partial charge in [0.2, 0.25) is 0 Å². The van der Waals surface area contributed by atoms with Crippen LogP contribution in [0.15, 0.2) is 78.2 Å². The second-order valence-electron chi connectivity index (χ2n) is 7.22. The maximum Gasteiger partial charge on any atom is 0.266 e. The number of benzene rings is 3. The lowest BCUT2D eigenvalue weighted by atomic mass is 10.1. The monoisotopic (exact) mass is 463 g/mol. The van der Waals surface area contributed by atoms with Crippen molar-refractivity contribution in [1.82, 2.24) is 4.98 Å². The third-order valence-electron chi connectivity index (χ3n) is 4.90. The zero-order valence-corrected chi connectivity index (χ0v) is 19.1. The molecule has 0 fully saturated rings. The van der Waals surface area contributed by atoms with Gasteiger partial charge in [0, 0.05) is 16.5 Å². The minimum absolute atomic E-state index is 0.297. The van der Waals surface area contributed by atoms with Gasteiger partial charge in [0.25, 0.3) is 17.2 Å². The second kappa shape index (κ2) is 9.44. The highest BCUT2D eigenvalue weighted by Crippen LogP contribution is 2.31. The molecule has 6 nitrogen and oxygen atoms in total. The highest BCUT2D eigenvalue weighted by Gasteiger charge is 2.18. The van der Waals surface area contributed by atoms with Crippen LogP contribution in [0.3, 0.4) is 0 Å². The van der Waals surface area contributed by atoms with Crippen LogP contribution in [-0.4, -0.2) is 19.7 Å². The van der Waals surface area contributed by atoms with Crippen molar-refractivity contribution in [2.75, 3.05) is 9.62 Å². The summed E-state index contributed by atoms with van der Waals surface area (Å²) in [6.45, 7) is 3.81. The molecular formula is C24H21N3O3S2. The molecule has 0 aliphatic heterocycles. The summed E-state index contributed by atoms with van der Waals surface area (Å²) in [5.74, 6) is -0.297. The van der Waals surface area contributed by atoms with Gasteiger partial charge in [0.05, 0.1) is 17.1 Å². The number of nitrogens with zero attached hydrogens (tertiary/aromatic N) is 2. The lowest BCUT2D eigenvalue weighted by molar-refractivity contribution is 0.102. The Morgan fingerprint density at radius 3 is 2.44 bits per heavy atom. The molecule has 0 radical (unpaired) electrons. The van der Waals surface area contributed by atoms with E-state index < -0.39 is 11.3 Å². The van der Waals surface area contributed by atoms with E-state index in [0.717, 1.165) is 22.4 Å². The Bertz CT molecular complexity index is 1270. The van der Waals surface area contributed by atoms with Gasteiger partial charge in [-0.3, -0.25) is 14.7 Å². The molecule has 0 saturated heterocycles. The fraction of sp³-hybridized carbons (Fsp3) is 0.0833. The van der Waals surface area contributed by atoms with E-state index >= 15 is 0 Å². The highest BCUT2D eigenvalue weighted by molar-refractivity contribution is 7.81. The van der Waals surface area contributed by atoms with Gasteiger partial charge in [0.15, 0.2) is 5.13 Å². The maximum absolute atomic E-state index is 12.7. The predicted molar refractivity (Wildman–Crippen MR) is 131 cm³/mol. The molecule has 4 rings (SSSR count). The number of aryl methyl sites for hydroxylation is 2. The first-order chi connectivity index (χ1) is 15.4. The van der Waals surface area contributed by atoms with E-state index in [9.17, 15) is 13.6 Å². The van der Waals surface area contributed by atoms with E-state index in [4.69, 9.17) is 0 Å². The topological polar surface area (TPSA) is 82.5 Å². The van der Waals surface area contributed by atoms with Crippen molar-refractivity contribution in [3.63, 3.8) is 0 Å². The average Bonchev–Trinajstić information content (AvgIpc) is 3.25. The van der Waals surface area contributed by atoms with Crippen LogP contribution >= 0.6 is 11.3 Å². The number of aromatic nitrogens is 1. The van der Waals surface area contributed by atoms with Gasteiger partial charge < -0.3 is 0 Å². The summed E-state index contributed by atoms with van der Waals surface area (Å²) in [4.78, 5) is 17.2. The van der Waals surface area contributed by atoms with Crippen LogP contribution in [-0.2, 0) is 11.3 Å². The standard InChI is InChI=1S/C24H21N3O3S2/c1-16-8-9-17(2)22(14-16)27(32(29)30)20-12-10-19(11-13-20)23(28)26-24-25-21(15-31-24)18-6-4-3-5-7-18/h3-15H,1-2H3,(H,29,30)(H,25,26,28). The summed E-state index contributed by atoms with van der Waals surface area (Å²) < 4.78 is 23.3. The van der Waals surface area contributed by atoms with Gasteiger partial charge in [-0.15, -0.1) is 11.3 Å². The number of carbonyl (C=O) groups is 1. The largest absolute Gasteiger partial charge is 0.298 e. The minimum atomic E-state index is -2.26. The zero-order valence-electron chi connectivity index (χ0n) is 17.5. The highest BCUT2D eigenvalue weighted by atomic mass is 32.2. The Balaban J connectivity index is 1.53. The van der Waals surface area contributed by atoms with Crippen molar-refractivity contribution in [2.45, 2.75) is 13.8 Å².